The number of likely N-dealkylation sites (N-methyl/N-ethyl adjacent to an activating group) is 1. The number of carbonyl (C=O) groups is 2. The molecule has 1 aromatic carbocycles. The molecule has 1 heterocycles. The Balaban J connectivity index is 2.01. The fraction of sp³-hybridized carbons (Fsp3) is 0.222. The van der Waals surface area contributed by atoms with Crippen molar-refractivity contribution in [2.45, 2.75) is 13.5 Å². The topological polar surface area (TPSA) is 49.4 Å². The molecule has 0 saturated heterocycles. The van der Waals surface area contributed by atoms with Gasteiger partial charge in [0.2, 0.25) is 5.91 Å². The minimum absolute atomic E-state index is 0.0580. The first-order valence-corrected chi connectivity index (χ1v) is 8.76. The zero-order chi connectivity index (χ0) is 17.5. The highest BCUT2D eigenvalue weighted by Gasteiger charge is 2.10. The molecule has 6 heteroatoms. The van der Waals surface area contributed by atoms with Crippen molar-refractivity contribution in [2.24, 2.45) is 0 Å². The maximum atomic E-state index is 12.3. The van der Waals surface area contributed by atoms with E-state index in [0.717, 1.165) is 14.8 Å². The summed E-state index contributed by atoms with van der Waals surface area (Å²) in [6.07, 6.45) is 3.30. The molecule has 1 N–H and O–H groups in total. The van der Waals surface area contributed by atoms with Crippen LogP contribution in [0.5, 0.6) is 0 Å². The van der Waals surface area contributed by atoms with Crippen LogP contribution in [0.4, 0.5) is 0 Å². The number of halogens is 1. The number of rotatable bonds is 6. The van der Waals surface area contributed by atoms with Crippen LogP contribution in [0.25, 0.3) is 6.08 Å². The van der Waals surface area contributed by atoms with Crippen LogP contribution in [0, 0.1) is 0 Å². The number of hydrogen-bond acceptors (Lipinski definition) is 3. The number of hydrogen-bond donors (Lipinski definition) is 1. The molecule has 126 valence electrons. The summed E-state index contributed by atoms with van der Waals surface area (Å²) in [6, 6.07) is 10.9. The molecular formula is C18H19ClN2O2S. The lowest BCUT2D eigenvalue weighted by molar-refractivity contribution is -0.126. The van der Waals surface area contributed by atoms with E-state index >= 15 is 0 Å². The Hall–Kier alpha value is -2.11. The Bertz CT molecular complexity index is 738. The molecule has 0 radical (unpaired) electrons. The van der Waals surface area contributed by atoms with Crippen molar-refractivity contribution in [3.8, 4) is 0 Å². The highest BCUT2D eigenvalue weighted by molar-refractivity contribution is 7.16. The molecular weight excluding hydrogens is 344 g/mol. The molecule has 24 heavy (non-hydrogen) atoms. The van der Waals surface area contributed by atoms with Gasteiger partial charge in [-0.2, -0.15) is 0 Å². The van der Waals surface area contributed by atoms with Gasteiger partial charge in [-0.1, -0.05) is 23.7 Å². The quantitative estimate of drug-likeness (QED) is 0.794. The molecule has 2 aromatic rings. The van der Waals surface area contributed by atoms with Crippen molar-refractivity contribution < 1.29 is 9.59 Å². The zero-order valence-electron chi connectivity index (χ0n) is 13.6. The molecule has 0 aliphatic heterocycles. The second-order valence-corrected chi connectivity index (χ2v) is 6.89. The Kier molecular flexibility index (Phi) is 6.58. The average molecular weight is 363 g/mol. The van der Waals surface area contributed by atoms with Gasteiger partial charge in [0.1, 0.15) is 0 Å². The van der Waals surface area contributed by atoms with Crippen LogP contribution in [-0.4, -0.2) is 30.3 Å². The van der Waals surface area contributed by atoms with Crippen LogP contribution < -0.4 is 5.32 Å². The smallest absolute Gasteiger partial charge is 0.251 e. The minimum Gasteiger partial charge on any atom is -0.355 e. The van der Waals surface area contributed by atoms with E-state index in [2.05, 4.69) is 5.32 Å². The first-order valence-electron chi connectivity index (χ1n) is 7.56. The van der Waals surface area contributed by atoms with Crippen LogP contribution in [-0.2, 0) is 11.3 Å². The third kappa shape index (κ3) is 4.94. The number of nitrogens with zero attached hydrogens (tertiary/aromatic N) is 1. The molecule has 4 nitrogen and oxygen atoms in total. The predicted octanol–water partition coefficient (Wildman–Crippen LogP) is 3.82. The van der Waals surface area contributed by atoms with Crippen molar-refractivity contribution in [3.05, 3.63) is 62.8 Å². The average Bonchev–Trinajstić information content (AvgIpc) is 3.02. The molecule has 0 aliphatic carbocycles. The van der Waals surface area contributed by atoms with Gasteiger partial charge >= 0.3 is 0 Å². The largest absolute Gasteiger partial charge is 0.355 e. The van der Waals surface area contributed by atoms with E-state index in [0.29, 0.717) is 18.7 Å². The highest BCUT2D eigenvalue weighted by atomic mass is 35.5. The Labute approximate surface area is 150 Å². The van der Waals surface area contributed by atoms with E-state index in [1.807, 2.05) is 31.2 Å². The number of amides is 2. The fourth-order valence-electron chi connectivity index (χ4n) is 2.13. The first-order chi connectivity index (χ1) is 11.5. The zero-order valence-corrected chi connectivity index (χ0v) is 15.2. The molecule has 1 aromatic heterocycles. The summed E-state index contributed by atoms with van der Waals surface area (Å²) < 4.78 is 0.722. The van der Waals surface area contributed by atoms with E-state index in [1.165, 1.54) is 11.3 Å². The molecule has 0 bridgehead atoms. The van der Waals surface area contributed by atoms with E-state index in [1.54, 1.807) is 36.2 Å². The van der Waals surface area contributed by atoms with E-state index in [4.69, 9.17) is 11.6 Å². The molecule has 0 saturated carbocycles. The van der Waals surface area contributed by atoms with Gasteiger partial charge in [-0.3, -0.25) is 9.59 Å². The van der Waals surface area contributed by atoms with E-state index in [-0.39, 0.29) is 11.8 Å². The molecule has 2 amide bonds. The Morgan fingerprint density at radius 3 is 2.46 bits per heavy atom. The number of thiophene rings is 1. The fourth-order valence-corrected chi connectivity index (χ4v) is 3.24. The third-order valence-electron chi connectivity index (χ3n) is 3.49. The minimum atomic E-state index is -0.131. The SMILES string of the molecule is CCN(Cc1ccc(Cl)s1)C(=O)C=Cc1ccc(C(=O)NC)cc1. The van der Waals surface area contributed by atoms with Gasteiger partial charge in [-0.15, -0.1) is 11.3 Å². The summed E-state index contributed by atoms with van der Waals surface area (Å²) in [6.45, 7) is 3.11. The van der Waals surface area contributed by atoms with Gasteiger partial charge < -0.3 is 10.2 Å². The lowest BCUT2D eigenvalue weighted by Gasteiger charge is -2.18. The van der Waals surface area contributed by atoms with Crippen molar-refractivity contribution in [1.82, 2.24) is 10.2 Å². The number of carbonyl (C=O) groups excluding carboxylic acids is 2. The van der Waals surface area contributed by atoms with Crippen molar-refractivity contribution in [2.75, 3.05) is 13.6 Å². The monoisotopic (exact) mass is 362 g/mol. The van der Waals surface area contributed by atoms with Gasteiger partial charge in [0.15, 0.2) is 0 Å². The molecule has 0 aliphatic rings. The molecule has 0 atom stereocenters. The Morgan fingerprint density at radius 2 is 1.92 bits per heavy atom. The summed E-state index contributed by atoms with van der Waals surface area (Å²) in [5.41, 5.74) is 1.46. The van der Waals surface area contributed by atoms with Gasteiger partial charge in [-0.05, 0) is 42.8 Å². The van der Waals surface area contributed by atoms with Crippen molar-refractivity contribution >= 4 is 40.8 Å². The lowest BCUT2D eigenvalue weighted by Crippen LogP contribution is -2.28. The maximum absolute atomic E-state index is 12.3. The molecule has 0 fully saturated rings. The van der Waals surface area contributed by atoms with Crippen molar-refractivity contribution in [1.29, 1.82) is 0 Å². The molecule has 2 rings (SSSR count). The van der Waals surface area contributed by atoms with Gasteiger partial charge in [0.05, 0.1) is 10.9 Å². The van der Waals surface area contributed by atoms with Gasteiger partial charge in [0, 0.05) is 30.1 Å². The standard InChI is InChI=1S/C18H19ClN2O2S/c1-3-21(12-15-9-10-16(19)24-15)17(22)11-6-13-4-7-14(8-5-13)18(23)20-2/h4-11H,3,12H2,1-2H3,(H,20,23). The first kappa shape index (κ1) is 18.2. The van der Waals surface area contributed by atoms with Crippen LogP contribution >= 0.6 is 22.9 Å². The van der Waals surface area contributed by atoms with Crippen LogP contribution in [0.2, 0.25) is 4.34 Å². The summed E-state index contributed by atoms with van der Waals surface area (Å²) in [5.74, 6) is -0.189. The normalized spacial score (nSPS) is 10.8. The summed E-state index contributed by atoms with van der Waals surface area (Å²) >= 11 is 7.41. The lowest BCUT2D eigenvalue weighted by atomic mass is 10.1. The molecule has 0 spiro atoms. The predicted molar refractivity (Wildman–Crippen MR) is 99.3 cm³/mol. The molecule has 0 unspecified atom stereocenters. The number of nitrogens with one attached hydrogen (secondary N) is 1. The summed E-state index contributed by atoms with van der Waals surface area (Å²) in [7, 11) is 1.59. The second-order valence-electron chi connectivity index (χ2n) is 5.09. The van der Waals surface area contributed by atoms with Crippen molar-refractivity contribution in [3.63, 3.8) is 0 Å². The maximum Gasteiger partial charge on any atom is 0.251 e. The third-order valence-corrected chi connectivity index (χ3v) is 4.70. The van der Waals surface area contributed by atoms with Crippen LogP contribution in [0.15, 0.2) is 42.5 Å². The van der Waals surface area contributed by atoms with Gasteiger partial charge in [0.25, 0.3) is 5.91 Å². The summed E-state index contributed by atoms with van der Waals surface area (Å²) in [5, 5.41) is 2.57. The van der Waals surface area contributed by atoms with Crippen LogP contribution in [0.1, 0.15) is 27.7 Å². The Morgan fingerprint density at radius 1 is 1.21 bits per heavy atom. The van der Waals surface area contributed by atoms with E-state index < -0.39 is 0 Å². The highest BCUT2D eigenvalue weighted by Crippen LogP contribution is 2.22. The summed E-state index contributed by atoms with van der Waals surface area (Å²) in [4.78, 5) is 26.6. The second kappa shape index (κ2) is 8.66. The van der Waals surface area contributed by atoms with Crippen LogP contribution in [0.3, 0.4) is 0 Å². The van der Waals surface area contributed by atoms with Gasteiger partial charge in [-0.25, -0.2) is 0 Å². The van der Waals surface area contributed by atoms with E-state index in [9.17, 15) is 9.59 Å². The number of benzene rings is 1.